The zero-order valence-corrected chi connectivity index (χ0v) is 28.0. The number of hydrogen-bond donors (Lipinski definition) is 3. The van der Waals surface area contributed by atoms with Gasteiger partial charge in [-0.05, 0) is 38.2 Å². The van der Waals surface area contributed by atoms with Crippen LogP contribution in [0.15, 0.2) is 57.3 Å². The molecule has 2 aliphatic rings. The number of Topliss-reactive ketones (excluding diaryl/α,β-unsaturated/α-hetero) is 1. The number of aryl methyl sites for hydroxylation is 1. The van der Waals surface area contributed by atoms with Gasteiger partial charge in [0, 0.05) is 32.4 Å². The molecule has 0 aliphatic carbocycles. The number of nitrogens with one attached hydrogen (secondary N) is 2. The van der Waals surface area contributed by atoms with Gasteiger partial charge in [-0.15, -0.1) is 0 Å². The molecule has 49 heavy (non-hydrogen) atoms. The SMILES string of the molecule is CC1=C\[C@@H](O)CC(=O)Cc2nc(co2)C(=O)N2CCC[C@@H]2C(=O)O[C@H]([C@H](C)CCOC(=O)Nc2coc(C)n2)[C@H](C)/C=C/C(=O)NC\C=C\1. The largest absolute Gasteiger partial charge is 0.460 e. The molecule has 3 N–H and O–H groups in total. The molecule has 2 aromatic heterocycles. The van der Waals surface area contributed by atoms with E-state index in [-0.39, 0.29) is 67.5 Å². The van der Waals surface area contributed by atoms with E-state index in [2.05, 4.69) is 20.6 Å². The van der Waals surface area contributed by atoms with Crippen LogP contribution in [0.3, 0.4) is 0 Å². The molecular formula is C34H43N5O10. The number of allylic oxidation sites excluding steroid dienone is 2. The van der Waals surface area contributed by atoms with E-state index in [1.165, 1.54) is 23.3 Å². The molecule has 0 radical (unpaired) electrons. The highest BCUT2D eigenvalue weighted by Crippen LogP contribution is 2.27. The van der Waals surface area contributed by atoms with Crippen molar-refractivity contribution in [2.75, 3.05) is 25.0 Å². The maximum absolute atomic E-state index is 13.6. The van der Waals surface area contributed by atoms with Crippen molar-refractivity contribution in [1.82, 2.24) is 20.2 Å². The first-order valence-electron chi connectivity index (χ1n) is 16.2. The summed E-state index contributed by atoms with van der Waals surface area (Å²) in [5.74, 6) is -2.03. The van der Waals surface area contributed by atoms with Crippen LogP contribution in [0.25, 0.3) is 0 Å². The van der Waals surface area contributed by atoms with Crippen LogP contribution in [0.5, 0.6) is 0 Å². The van der Waals surface area contributed by atoms with Crippen LogP contribution >= 0.6 is 0 Å². The van der Waals surface area contributed by atoms with Crippen LogP contribution in [0, 0.1) is 18.8 Å². The molecule has 1 saturated heterocycles. The van der Waals surface area contributed by atoms with E-state index >= 15 is 0 Å². The average Bonchev–Trinajstić information content (AvgIpc) is 3.81. The van der Waals surface area contributed by atoms with E-state index in [1.807, 2.05) is 6.92 Å². The van der Waals surface area contributed by atoms with Crippen LogP contribution in [-0.4, -0.2) is 87.6 Å². The predicted octanol–water partition coefficient (Wildman–Crippen LogP) is 3.45. The fourth-order valence-corrected chi connectivity index (χ4v) is 5.61. The van der Waals surface area contributed by atoms with Crippen molar-refractivity contribution in [2.24, 2.45) is 11.8 Å². The average molecular weight is 682 g/mol. The van der Waals surface area contributed by atoms with Gasteiger partial charge in [-0.2, -0.15) is 4.98 Å². The van der Waals surface area contributed by atoms with E-state index in [4.69, 9.17) is 18.3 Å². The topological polar surface area (TPSA) is 203 Å². The zero-order chi connectivity index (χ0) is 35.5. The lowest BCUT2D eigenvalue weighted by molar-refractivity contribution is -0.158. The minimum absolute atomic E-state index is 0.00291. The highest BCUT2D eigenvalue weighted by Gasteiger charge is 2.39. The summed E-state index contributed by atoms with van der Waals surface area (Å²) in [5, 5.41) is 15.6. The Kier molecular flexibility index (Phi) is 13.0. The van der Waals surface area contributed by atoms with Crippen LogP contribution in [0.1, 0.15) is 68.7 Å². The van der Waals surface area contributed by atoms with Gasteiger partial charge in [-0.3, -0.25) is 19.7 Å². The minimum Gasteiger partial charge on any atom is -0.460 e. The van der Waals surface area contributed by atoms with Gasteiger partial charge in [0.15, 0.2) is 17.4 Å². The van der Waals surface area contributed by atoms with Crippen LogP contribution in [-0.2, 0) is 30.3 Å². The number of oxazole rings is 2. The Morgan fingerprint density at radius 2 is 1.96 bits per heavy atom. The monoisotopic (exact) mass is 681 g/mol. The van der Waals surface area contributed by atoms with Crippen LogP contribution in [0.2, 0.25) is 0 Å². The summed E-state index contributed by atoms with van der Waals surface area (Å²) in [4.78, 5) is 74.0. The summed E-state index contributed by atoms with van der Waals surface area (Å²) in [6.07, 6.45) is 8.68. The molecule has 0 saturated carbocycles. The summed E-state index contributed by atoms with van der Waals surface area (Å²) in [6.45, 7) is 7.52. The van der Waals surface area contributed by atoms with Gasteiger partial charge in [0.25, 0.3) is 5.91 Å². The molecule has 0 aromatic carbocycles. The maximum Gasteiger partial charge on any atom is 0.412 e. The highest BCUT2D eigenvalue weighted by molar-refractivity contribution is 5.95. The third-order valence-corrected chi connectivity index (χ3v) is 8.11. The maximum atomic E-state index is 13.6. The molecular weight excluding hydrogens is 638 g/mol. The number of hydrogen-bond acceptors (Lipinski definition) is 12. The third kappa shape index (κ3) is 11.0. The van der Waals surface area contributed by atoms with Crippen molar-refractivity contribution >= 4 is 35.5 Å². The Labute approximate surface area is 283 Å². The highest BCUT2D eigenvalue weighted by atomic mass is 16.6. The first-order valence-corrected chi connectivity index (χ1v) is 16.2. The Morgan fingerprint density at radius 1 is 1.16 bits per heavy atom. The van der Waals surface area contributed by atoms with Crippen molar-refractivity contribution in [3.8, 4) is 0 Å². The Hall–Kier alpha value is -5.05. The number of fused-ring (bicyclic) bond motifs is 3. The molecule has 4 heterocycles. The Morgan fingerprint density at radius 3 is 2.71 bits per heavy atom. The third-order valence-electron chi connectivity index (χ3n) is 8.11. The van der Waals surface area contributed by atoms with E-state index in [9.17, 15) is 29.1 Å². The molecule has 264 valence electrons. The van der Waals surface area contributed by atoms with Crippen molar-refractivity contribution < 1.29 is 47.4 Å². The number of amides is 3. The van der Waals surface area contributed by atoms with Gasteiger partial charge in [0.1, 0.15) is 30.5 Å². The fourth-order valence-electron chi connectivity index (χ4n) is 5.61. The van der Waals surface area contributed by atoms with E-state index in [0.29, 0.717) is 30.7 Å². The van der Waals surface area contributed by atoms with E-state index < -0.39 is 42.1 Å². The molecule has 2 bridgehead atoms. The number of carbonyl (C=O) groups is 5. The molecule has 0 unspecified atom stereocenters. The van der Waals surface area contributed by atoms with Crippen molar-refractivity contribution in [3.05, 3.63) is 66.0 Å². The fraction of sp³-hybridized carbons (Fsp3) is 0.500. The Bertz CT molecular complexity index is 1590. The first kappa shape index (κ1) is 36.8. The Balaban J connectivity index is 1.51. The summed E-state index contributed by atoms with van der Waals surface area (Å²) in [5.41, 5.74) is 0.639. The van der Waals surface area contributed by atoms with Gasteiger partial charge >= 0.3 is 12.1 Å². The molecule has 0 spiro atoms. The van der Waals surface area contributed by atoms with Crippen LogP contribution in [0.4, 0.5) is 10.6 Å². The number of esters is 1. The molecule has 3 amide bonds. The molecule has 4 rings (SSSR count). The smallest absolute Gasteiger partial charge is 0.412 e. The predicted molar refractivity (Wildman–Crippen MR) is 174 cm³/mol. The number of aromatic nitrogens is 2. The second-order valence-corrected chi connectivity index (χ2v) is 12.2. The number of carbonyl (C=O) groups excluding carboxylic acids is 5. The number of nitrogens with zero attached hydrogens (tertiary/aromatic N) is 3. The minimum atomic E-state index is -1.05. The molecule has 2 aromatic rings. The summed E-state index contributed by atoms with van der Waals surface area (Å²) in [7, 11) is 0. The first-order chi connectivity index (χ1) is 23.4. The summed E-state index contributed by atoms with van der Waals surface area (Å²) in [6, 6.07) is -0.894. The van der Waals surface area contributed by atoms with E-state index in [0.717, 1.165) is 6.26 Å². The lowest BCUT2D eigenvalue weighted by Gasteiger charge is -2.31. The van der Waals surface area contributed by atoms with Gasteiger partial charge in [0.2, 0.25) is 11.8 Å². The standard InChI is InChI=1S/C34H43N5O10/c1-20-7-5-12-35-29(42)10-9-21(2)31(22(3)11-14-46-34(45)38-28-19-47-23(4)36-28)49-33(44)27-8-6-13-39(27)32(43)26-18-48-30(37-26)17-25(41)16-24(40)15-20/h5,7,9-10,15,18-19,21-22,24,27,31,40H,6,8,11-14,16-17H2,1-4H3,(H,35,42)(H,38,45)/b7-5+,10-9+,20-15+/t21-,22-,24-,27-,31+/m1/s1. The number of rotatable bonds is 5. The molecule has 5 atom stereocenters. The number of cyclic esters (lactones) is 1. The van der Waals surface area contributed by atoms with Crippen molar-refractivity contribution in [3.63, 3.8) is 0 Å². The molecule has 15 nitrogen and oxygen atoms in total. The number of ketones is 1. The number of aliphatic hydroxyl groups excluding tert-OH is 1. The van der Waals surface area contributed by atoms with E-state index in [1.54, 1.807) is 39.0 Å². The summed E-state index contributed by atoms with van der Waals surface area (Å²) < 4.78 is 21.8. The van der Waals surface area contributed by atoms with Gasteiger partial charge in [-0.25, -0.2) is 14.6 Å². The second-order valence-electron chi connectivity index (χ2n) is 12.2. The number of aliphatic hydroxyl groups is 1. The van der Waals surface area contributed by atoms with Gasteiger partial charge in [0.05, 0.1) is 19.1 Å². The molecule has 2 aliphatic heterocycles. The zero-order valence-electron chi connectivity index (χ0n) is 28.0. The lowest BCUT2D eigenvalue weighted by atomic mass is 9.90. The number of anilines is 1. The van der Waals surface area contributed by atoms with Crippen LogP contribution < -0.4 is 10.6 Å². The quantitative estimate of drug-likeness (QED) is 0.389. The second kappa shape index (κ2) is 17.4. The van der Waals surface area contributed by atoms with Crippen molar-refractivity contribution in [2.45, 2.75) is 78.0 Å². The number of ether oxygens (including phenoxy) is 2. The van der Waals surface area contributed by atoms with Crippen molar-refractivity contribution in [1.29, 1.82) is 0 Å². The lowest BCUT2D eigenvalue weighted by Crippen LogP contribution is -2.44. The molecule has 1 fully saturated rings. The van der Waals surface area contributed by atoms with Gasteiger partial charge < -0.3 is 33.6 Å². The summed E-state index contributed by atoms with van der Waals surface area (Å²) >= 11 is 0. The normalized spacial score (nSPS) is 26.1. The van der Waals surface area contributed by atoms with Gasteiger partial charge in [-0.1, -0.05) is 43.7 Å². The molecule has 15 heteroatoms.